The van der Waals surface area contributed by atoms with Crippen molar-refractivity contribution in [2.45, 2.75) is 65.3 Å². The zero-order valence-corrected chi connectivity index (χ0v) is 18.7. The van der Waals surface area contributed by atoms with Crippen LogP contribution >= 0.6 is 0 Å². The van der Waals surface area contributed by atoms with Crippen molar-refractivity contribution in [2.24, 2.45) is 16.7 Å². The summed E-state index contributed by atoms with van der Waals surface area (Å²) < 4.78 is 31.4. The lowest BCUT2D eigenvalue weighted by Gasteiger charge is -2.31. The molecule has 0 spiro atoms. The number of fused-ring (bicyclic) bond motifs is 1. The lowest BCUT2D eigenvalue weighted by Crippen LogP contribution is -2.23. The molecule has 1 N–H and O–H groups in total. The van der Waals surface area contributed by atoms with E-state index < -0.39 is 12.5 Å². The van der Waals surface area contributed by atoms with Gasteiger partial charge in [0, 0.05) is 19.7 Å². The van der Waals surface area contributed by atoms with Crippen LogP contribution < -0.4 is 10.1 Å². The van der Waals surface area contributed by atoms with Crippen molar-refractivity contribution in [1.29, 1.82) is 5.26 Å². The molecule has 4 rings (SSSR count). The molecule has 0 aliphatic heterocycles. The molecular formula is C23H28F2N6O. The van der Waals surface area contributed by atoms with E-state index in [-0.39, 0.29) is 12.4 Å². The number of anilines is 1. The fourth-order valence-corrected chi connectivity index (χ4v) is 4.95. The fraction of sp³-hybridized carbons (Fsp3) is 0.609. The Kier molecular flexibility index (Phi) is 5.74. The number of ether oxygens (including phenoxy) is 1. The van der Waals surface area contributed by atoms with E-state index in [1.807, 2.05) is 0 Å². The summed E-state index contributed by atoms with van der Waals surface area (Å²) in [4.78, 5) is 16.7. The van der Waals surface area contributed by atoms with Crippen molar-refractivity contribution in [3.8, 4) is 11.9 Å². The van der Waals surface area contributed by atoms with Crippen LogP contribution in [0.4, 0.5) is 14.7 Å². The highest BCUT2D eigenvalue weighted by atomic mass is 19.3. The van der Waals surface area contributed by atoms with Crippen LogP contribution in [0.15, 0.2) is 18.7 Å². The third-order valence-electron chi connectivity index (χ3n) is 7.07. The first-order valence-electron chi connectivity index (χ1n) is 10.9. The quantitative estimate of drug-likeness (QED) is 0.641. The Morgan fingerprint density at radius 2 is 2.09 bits per heavy atom. The summed E-state index contributed by atoms with van der Waals surface area (Å²) in [5.74, 6) is -2.00. The normalized spacial score (nSPS) is 26.7. The van der Waals surface area contributed by atoms with Crippen LogP contribution in [-0.4, -0.2) is 32.5 Å². The molecule has 2 aliphatic rings. The first kappa shape index (κ1) is 22.3. The molecule has 7 nitrogen and oxygen atoms in total. The average Bonchev–Trinajstić information content (AvgIpc) is 3.32. The molecular weight excluding hydrogens is 414 g/mol. The summed E-state index contributed by atoms with van der Waals surface area (Å²) >= 11 is 0. The van der Waals surface area contributed by atoms with E-state index in [1.54, 1.807) is 0 Å². The van der Waals surface area contributed by atoms with Gasteiger partial charge in [0.25, 0.3) is 5.92 Å². The van der Waals surface area contributed by atoms with Gasteiger partial charge in [0.15, 0.2) is 6.61 Å². The van der Waals surface area contributed by atoms with Crippen molar-refractivity contribution in [2.75, 3.05) is 11.9 Å². The number of nitriles is 1. The van der Waals surface area contributed by atoms with Crippen LogP contribution in [0, 0.1) is 28.1 Å². The fourth-order valence-electron chi connectivity index (χ4n) is 4.95. The first-order valence-corrected chi connectivity index (χ1v) is 10.9. The Balaban J connectivity index is 1.43. The number of rotatable bonds is 8. The van der Waals surface area contributed by atoms with Crippen LogP contribution in [0.2, 0.25) is 0 Å². The molecule has 2 aliphatic carbocycles. The molecule has 0 radical (unpaired) electrons. The Labute approximate surface area is 186 Å². The maximum absolute atomic E-state index is 13.1. The second-order valence-corrected chi connectivity index (χ2v) is 9.84. The smallest absolute Gasteiger partial charge is 0.278 e. The SMILES string of the molecule is CC(F)(F)COc1ncncc1CNc1ncc(C#N)c(C[C@@H]2CCC3(C)CC3(C)C2)n1. The van der Waals surface area contributed by atoms with E-state index in [2.05, 4.69) is 45.2 Å². The summed E-state index contributed by atoms with van der Waals surface area (Å²) in [5.41, 5.74) is 2.64. The third kappa shape index (κ3) is 4.79. The number of hydrogen-bond donors (Lipinski definition) is 1. The molecule has 9 heteroatoms. The van der Waals surface area contributed by atoms with Crippen molar-refractivity contribution >= 4 is 5.95 Å². The standard InChI is InChI=1S/C23H28F2N6O/c1-21-5-4-15(7-22(21,2)12-21)6-18-16(8-26)10-28-20(31-18)29-11-17-9-27-14-30-19(17)32-13-23(3,24)25/h9-10,14-15H,4-7,11-13H2,1-3H3,(H,28,29,31)/t15-,21?,22?/m0/s1. The van der Waals surface area contributed by atoms with Crippen molar-refractivity contribution in [3.63, 3.8) is 0 Å². The molecule has 2 aromatic rings. The molecule has 2 unspecified atom stereocenters. The predicted molar refractivity (Wildman–Crippen MR) is 114 cm³/mol. The zero-order chi connectivity index (χ0) is 23.0. The van der Waals surface area contributed by atoms with Gasteiger partial charge in [-0.3, -0.25) is 0 Å². The van der Waals surface area contributed by atoms with E-state index in [9.17, 15) is 14.0 Å². The zero-order valence-electron chi connectivity index (χ0n) is 18.7. The maximum Gasteiger partial charge on any atom is 0.278 e. The molecule has 170 valence electrons. The Morgan fingerprint density at radius 3 is 2.81 bits per heavy atom. The van der Waals surface area contributed by atoms with Gasteiger partial charge in [-0.25, -0.2) is 28.7 Å². The number of alkyl halides is 2. The van der Waals surface area contributed by atoms with Crippen LogP contribution in [-0.2, 0) is 13.0 Å². The van der Waals surface area contributed by atoms with Crippen LogP contribution in [0.1, 0.15) is 63.3 Å². The minimum Gasteiger partial charge on any atom is -0.471 e. The summed E-state index contributed by atoms with van der Waals surface area (Å²) in [6, 6.07) is 2.20. The van der Waals surface area contributed by atoms with Gasteiger partial charge in [-0.2, -0.15) is 5.26 Å². The van der Waals surface area contributed by atoms with Gasteiger partial charge in [-0.15, -0.1) is 0 Å². The first-order chi connectivity index (χ1) is 15.1. The summed E-state index contributed by atoms with van der Waals surface area (Å²) in [6.07, 6.45) is 9.85. The lowest BCUT2D eigenvalue weighted by molar-refractivity contribution is -0.0245. The number of halogens is 2. The average molecular weight is 443 g/mol. The van der Waals surface area contributed by atoms with Gasteiger partial charge < -0.3 is 10.1 Å². The molecule has 0 amide bonds. The van der Waals surface area contributed by atoms with Gasteiger partial charge in [-0.1, -0.05) is 13.8 Å². The number of aromatic nitrogens is 4. The monoisotopic (exact) mass is 442 g/mol. The Hall–Kier alpha value is -2.89. The van der Waals surface area contributed by atoms with E-state index in [4.69, 9.17) is 4.74 Å². The van der Waals surface area contributed by atoms with Crippen molar-refractivity contribution < 1.29 is 13.5 Å². The van der Waals surface area contributed by atoms with Gasteiger partial charge in [0.1, 0.15) is 12.4 Å². The summed E-state index contributed by atoms with van der Waals surface area (Å²) in [6.45, 7) is 4.97. The van der Waals surface area contributed by atoms with E-state index in [0.717, 1.165) is 31.9 Å². The minimum atomic E-state index is -2.96. The number of nitrogens with zero attached hydrogens (tertiary/aromatic N) is 5. The molecule has 2 fully saturated rings. The molecule has 2 aromatic heterocycles. The predicted octanol–water partition coefficient (Wildman–Crippen LogP) is 4.54. The number of nitrogens with one attached hydrogen (secondary N) is 1. The third-order valence-corrected chi connectivity index (χ3v) is 7.07. The van der Waals surface area contributed by atoms with Crippen molar-refractivity contribution in [3.05, 3.63) is 35.5 Å². The van der Waals surface area contributed by atoms with Gasteiger partial charge in [-0.05, 0) is 48.9 Å². The molecule has 32 heavy (non-hydrogen) atoms. The maximum atomic E-state index is 13.1. The second kappa shape index (κ2) is 8.23. The topological polar surface area (TPSA) is 96.6 Å². The highest BCUT2D eigenvalue weighted by Crippen LogP contribution is 2.71. The largest absolute Gasteiger partial charge is 0.471 e. The molecule has 0 aromatic carbocycles. The molecule has 2 saturated carbocycles. The summed E-state index contributed by atoms with van der Waals surface area (Å²) in [5, 5.41) is 12.6. The molecule has 3 atom stereocenters. The summed E-state index contributed by atoms with van der Waals surface area (Å²) in [7, 11) is 0. The Bertz CT molecular complexity index is 1040. The van der Waals surface area contributed by atoms with Crippen molar-refractivity contribution in [1.82, 2.24) is 19.9 Å². The number of hydrogen-bond acceptors (Lipinski definition) is 7. The van der Waals surface area contributed by atoms with E-state index in [1.165, 1.54) is 31.6 Å². The Morgan fingerprint density at radius 1 is 1.28 bits per heavy atom. The van der Waals surface area contributed by atoms with E-state index >= 15 is 0 Å². The molecule has 0 bridgehead atoms. The van der Waals surface area contributed by atoms with Gasteiger partial charge in [0.2, 0.25) is 11.8 Å². The minimum absolute atomic E-state index is 0.0887. The van der Waals surface area contributed by atoms with Crippen LogP contribution in [0.3, 0.4) is 0 Å². The van der Waals surface area contributed by atoms with Gasteiger partial charge in [0.05, 0.1) is 23.0 Å². The van der Waals surface area contributed by atoms with Crippen LogP contribution in [0.5, 0.6) is 5.88 Å². The molecule has 0 saturated heterocycles. The van der Waals surface area contributed by atoms with Crippen LogP contribution in [0.25, 0.3) is 0 Å². The van der Waals surface area contributed by atoms with E-state index in [0.29, 0.717) is 33.8 Å². The molecule has 2 heterocycles. The second-order valence-electron chi connectivity index (χ2n) is 9.84. The highest BCUT2D eigenvalue weighted by molar-refractivity contribution is 5.38. The highest BCUT2D eigenvalue weighted by Gasteiger charge is 2.62. The van der Waals surface area contributed by atoms with Gasteiger partial charge >= 0.3 is 0 Å². The lowest BCUT2D eigenvalue weighted by atomic mass is 9.74.